The number of hydrogen-bond acceptors (Lipinski definition) is 3. The zero-order chi connectivity index (χ0) is 14.9. The van der Waals surface area contributed by atoms with Gasteiger partial charge in [-0.2, -0.15) is 0 Å². The third-order valence-corrected chi connectivity index (χ3v) is 4.51. The summed E-state index contributed by atoms with van der Waals surface area (Å²) in [7, 11) is 0. The first-order valence-corrected chi connectivity index (χ1v) is 7.21. The van der Waals surface area contributed by atoms with E-state index in [-0.39, 0.29) is 16.5 Å². The summed E-state index contributed by atoms with van der Waals surface area (Å²) in [6.45, 7) is 1.82. The van der Waals surface area contributed by atoms with Crippen LogP contribution in [-0.4, -0.2) is 10.9 Å². The van der Waals surface area contributed by atoms with E-state index in [2.05, 4.69) is 5.32 Å². The van der Waals surface area contributed by atoms with Crippen LogP contribution in [-0.2, 0) is 0 Å². The number of hydrogen-bond donors (Lipinski definition) is 2. The van der Waals surface area contributed by atoms with Crippen LogP contribution < -0.4 is 11.1 Å². The predicted octanol–water partition coefficient (Wildman–Crippen LogP) is 3.74. The second kappa shape index (κ2) is 5.87. The lowest BCUT2D eigenvalue weighted by molar-refractivity contribution is 0.103. The molecule has 0 saturated heterocycles. The molecule has 104 valence electrons. The normalized spacial score (nSPS) is 10.3. The number of carbonyl (C=O) groups is 1. The largest absolute Gasteiger partial charge is 0.389 e. The molecule has 0 atom stereocenters. The Bertz CT molecular complexity index is 700. The molecule has 0 radical (unpaired) electrons. The van der Waals surface area contributed by atoms with Crippen LogP contribution in [0.3, 0.4) is 0 Å². The molecule has 0 saturated carbocycles. The standard InChI is InChI=1S/C13H10ClFN2OS2/c1-6-5-20-11(10(6)14)13(18)17-7-2-3-9(15)8(4-7)12(16)19/h2-5H,1H3,(H2,16,19)(H,17,18). The van der Waals surface area contributed by atoms with Crippen molar-refractivity contribution in [2.45, 2.75) is 6.92 Å². The lowest BCUT2D eigenvalue weighted by Gasteiger charge is -2.07. The summed E-state index contributed by atoms with van der Waals surface area (Å²) in [5.41, 5.74) is 6.74. The monoisotopic (exact) mass is 328 g/mol. The van der Waals surface area contributed by atoms with Crippen LogP contribution in [0.1, 0.15) is 20.8 Å². The van der Waals surface area contributed by atoms with Gasteiger partial charge in [-0.15, -0.1) is 11.3 Å². The second-order valence-corrected chi connectivity index (χ2v) is 5.77. The molecular formula is C13H10ClFN2OS2. The number of anilines is 1. The molecule has 0 fully saturated rings. The van der Waals surface area contributed by atoms with E-state index in [0.29, 0.717) is 15.6 Å². The number of aryl methyl sites for hydroxylation is 1. The van der Waals surface area contributed by atoms with Crippen LogP contribution in [0.2, 0.25) is 5.02 Å². The minimum absolute atomic E-state index is 0.0661. The maximum absolute atomic E-state index is 13.4. The molecule has 2 aromatic rings. The minimum Gasteiger partial charge on any atom is -0.389 e. The molecule has 2 rings (SSSR count). The summed E-state index contributed by atoms with van der Waals surface area (Å²) in [5, 5.41) is 4.85. The quantitative estimate of drug-likeness (QED) is 0.844. The maximum atomic E-state index is 13.4. The van der Waals surface area contributed by atoms with Crippen molar-refractivity contribution >= 4 is 51.7 Å². The molecule has 7 heteroatoms. The highest BCUT2D eigenvalue weighted by atomic mass is 35.5. The van der Waals surface area contributed by atoms with E-state index in [4.69, 9.17) is 29.6 Å². The smallest absolute Gasteiger partial charge is 0.267 e. The number of nitrogens with one attached hydrogen (secondary N) is 1. The van der Waals surface area contributed by atoms with Gasteiger partial charge in [-0.3, -0.25) is 4.79 Å². The summed E-state index contributed by atoms with van der Waals surface area (Å²) in [4.78, 5) is 12.4. The molecule has 1 aromatic heterocycles. The molecule has 0 aliphatic rings. The van der Waals surface area contributed by atoms with E-state index in [1.807, 2.05) is 6.92 Å². The molecule has 1 aromatic carbocycles. The van der Waals surface area contributed by atoms with Gasteiger partial charge in [-0.1, -0.05) is 23.8 Å². The van der Waals surface area contributed by atoms with Crippen molar-refractivity contribution in [2.75, 3.05) is 5.32 Å². The molecule has 20 heavy (non-hydrogen) atoms. The number of nitrogens with two attached hydrogens (primary N) is 1. The average molecular weight is 329 g/mol. The Morgan fingerprint density at radius 3 is 2.75 bits per heavy atom. The average Bonchev–Trinajstić information content (AvgIpc) is 2.72. The minimum atomic E-state index is -0.527. The van der Waals surface area contributed by atoms with Gasteiger partial charge < -0.3 is 11.1 Å². The van der Waals surface area contributed by atoms with Gasteiger partial charge in [0.2, 0.25) is 0 Å². The van der Waals surface area contributed by atoms with Crippen molar-refractivity contribution in [2.24, 2.45) is 5.73 Å². The van der Waals surface area contributed by atoms with Crippen molar-refractivity contribution < 1.29 is 9.18 Å². The van der Waals surface area contributed by atoms with Gasteiger partial charge in [0, 0.05) is 11.3 Å². The molecule has 0 bridgehead atoms. The lowest BCUT2D eigenvalue weighted by atomic mass is 10.2. The number of amides is 1. The second-order valence-electron chi connectivity index (χ2n) is 4.07. The Balaban J connectivity index is 2.26. The Labute approximate surface area is 129 Å². The zero-order valence-electron chi connectivity index (χ0n) is 10.4. The van der Waals surface area contributed by atoms with Gasteiger partial charge in [0.25, 0.3) is 5.91 Å². The molecule has 1 heterocycles. The molecule has 0 aliphatic heterocycles. The molecule has 0 aliphatic carbocycles. The highest BCUT2D eigenvalue weighted by molar-refractivity contribution is 7.80. The van der Waals surface area contributed by atoms with E-state index in [9.17, 15) is 9.18 Å². The summed E-state index contributed by atoms with van der Waals surface area (Å²) in [6.07, 6.45) is 0. The summed E-state index contributed by atoms with van der Waals surface area (Å²) < 4.78 is 13.4. The lowest BCUT2D eigenvalue weighted by Crippen LogP contribution is -2.14. The van der Waals surface area contributed by atoms with Crippen LogP contribution in [0.4, 0.5) is 10.1 Å². The van der Waals surface area contributed by atoms with Crippen molar-refractivity contribution in [3.05, 3.63) is 50.4 Å². The molecule has 0 unspecified atom stereocenters. The summed E-state index contributed by atoms with van der Waals surface area (Å²) in [6, 6.07) is 4.03. The highest BCUT2D eigenvalue weighted by Gasteiger charge is 2.15. The van der Waals surface area contributed by atoms with Gasteiger partial charge >= 0.3 is 0 Å². The van der Waals surface area contributed by atoms with E-state index in [0.717, 1.165) is 5.56 Å². The van der Waals surface area contributed by atoms with Crippen LogP contribution in [0, 0.1) is 12.7 Å². The van der Waals surface area contributed by atoms with Gasteiger partial charge in [-0.25, -0.2) is 4.39 Å². The third kappa shape index (κ3) is 2.98. The summed E-state index contributed by atoms with van der Waals surface area (Å²) >= 11 is 12.0. The topological polar surface area (TPSA) is 55.1 Å². The van der Waals surface area contributed by atoms with Crippen molar-refractivity contribution in [1.82, 2.24) is 0 Å². The zero-order valence-corrected chi connectivity index (χ0v) is 12.8. The fourth-order valence-electron chi connectivity index (χ4n) is 1.56. The van der Waals surface area contributed by atoms with Gasteiger partial charge in [0.05, 0.1) is 5.02 Å². The Hall–Kier alpha value is -1.50. The van der Waals surface area contributed by atoms with Gasteiger partial charge in [0.1, 0.15) is 15.7 Å². The number of benzene rings is 1. The summed E-state index contributed by atoms with van der Waals surface area (Å²) in [5.74, 6) is -0.880. The Morgan fingerprint density at radius 1 is 1.50 bits per heavy atom. The highest BCUT2D eigenvalue weighted by Crippen LogP contribution is 2.28. The third-order valence-electron chi connectivity index (χ3n) is 2.60. The van der Waals surface area contributed by atoms with Crippen LogP contribution >= 0.6 is 35.2 Å². The Morgan fingerprint density at radius 2 is 2.20 bits per heavy atom. The molecule has 3 N–H and O–H groups in total. The number of rotatable bonds is 3. The van der Waals surface area contributed by atoms with Crippen molar-refractivity contribution in [3.8, 4) is 0 Å². The SMILES string of the molecule is Cc1csc(C(=O)Nc2ccc(F)c(C(N)=S)c2)c1Cl. The van der Waals surface area contributed by atoms with Crippen LogP contribution in [0.25, 0.3) is 0 Å². The van der Waals surface area contributed by atoms with E-state index in [1.54, 1.807) is 5.38 Å². The van der Waals surface area contributed by atoms with Crippen molar-refractivity contribution in [3.63, 3.8) is 0 Å². The van der Waals surface area contributed by atoms with E-state index >= 15 is 0 Å². The fraction of sp³-hybridized carbons (Fsp3) is 0.0769. The first-order chi connectivity index (χ1) is 9.40. The number of carbonyl (C=O) groups excluding carboxylic acids is 1. The predicted molar refractivity (Wildman–Crippen MR) is 84.3 cm³/mol. The van der Waals surface area contributed by atoms with Crippen molar-refractivity contribution in [1.29, 1.82) is 0 Å². The van der Waals surface area contributed by atoms with Crippen LogP contribution in [0.15, 0.2) is 23.6 Å². The fourth-order valence-corrected chi connectivity index (χ4v) is 2.89. The molecule has 3 nitrogen and oxygen atoms in total. The number of halogens is 2. The van der Waals surface area contributed by atoms with Gasteiger partial charge in [-0.05, 0) is 36.1 Å². The Kier molecular flexibility index (Phi) is 4.37. The molecular weight excluding hydrogens is 319 g/mol. The van der Waals surface area contributed by atoms with Gasteiger partial charge in [0.15, 0.2) is 0 Å². The maximum Gasteiger partial charge on any atom is 0.267 e. The molecule has 1 amide bonds. The number of thiocarbonyl (C=S) groups is 1. The van der Waals surface area contributed by atoms with E-state index < -0.39 is 5.82 Å². The van der Waals surface area contributed by atoms with Crippen LogP contribution in [0.5, 0.6) is 0 Å². The van der Waals surface area contributed by atoms with E-state index in [1.165, 1.54) is 29.5 Å². The first kappa shape index (κ1) is 14.9. The number of thiophene rings is 1. The first-order valence-electron chi connectivity index (χ1n) is 5.54. The molecule has 0 spiro atoms.